The maximum absolute atomic E-state index is 5.49. The smallest absolute Gasteiger partial charge is 0.0593 e. The van der Waals surface area contributed by atoms with Crippen LogP contribution >= 0.6 is 0 Å². The predicted octanol–water partition coefficient (Wildman–Crippen LogP) is 1.50. The van der Waals surface area contributed by atoms with Gasteiger partial charge in [0.1, 0.15) is 0 Å². The van der Waals surface area contributed by atoms with Crippen LogP contribution in [-0.4, -0.2) is 63.5 Å². The lowest BCUT2D eigenvalue weighted by atomic mass is 10.1. The van der Waals surface area contributed by atoms with Crippen molar-refractivity contribution in [3.8, 4) is 0 Å². The van der Waals surface area contributed by atoms with Crippen molar-refractivity contribution in [2.75, 3.05) is 52.6 Å². The molecule has 1 fully saturated rings. The Balaban J connectivity index is 2.34. The third-order valence-electron chi connectivity index (χ3n) is 3.49. The molecule has 1 heterocycles. The molecule has 1 atom stereocenters. The van der Waals surface area contributed by atoms with Gasteiger partial charge in [-0.05, 0) is 33.2 Å². The van der Waals surface area contributed by atoms with E-state index in [4.69, 9.17) is 9.47 Å². The minimum atomic E-state index is 0.647. The summed E-state index contributed by atoms with van der Waals surface area (Å²) in [5.74, 6) is 0. The fraction of sp³-hybridized carbons (Fsp3) is 1.00. The average Bonchev–Trinajstić information content (AvgIpc) is 2.66. The Labute approximate surface area is 112 Å². The molecule has 0 bridgehead atoms. The molecule has 0 radical (unpaired) electrons. The zero-order valence-corrected chi connectivity index (χ0v) is 12.1. The van der Waals surface area contributed by atoms with E-state index in [9.17, 15) is 0 Å². The number of hydrogen-bond acceptors (Lipinski definition) is 4. The highest BCUT2D eigenvalue weighted by Gasteiger charge is 2.19. The molecule has 18 heavy (non-hydrogen) atoms. The Morgan fingerprint density at radius 1 is 1.06 bits per heavy atom. The Kier molecular flexibility index (Phi) is 9.48. The molecule has 108 valence electrons. The van der Waals surface area contributed by atoms with E-state index in [-0.39, 0.29) is 0 Å². The van der Waals surface area contributed by atoms with Crippen molar-refractivity contribution in [3.05, 3.63) is 0 Å². The molecule has 0 aromatic carbocycles. The van der Waals surface area contributed by atoms with E-state index in [0.717, 1.165) is 46.1 Å². The highest BCUT2D eigenvalue weighted by molar-refractivity contribution is 4.77. The molecule has 0 aromatic rings. The fourth-order valence-corrected chi connectivity index (χ4v) is 2.44. The van der Waals surface area contributed by atoms with Crippen LogP contribution in [0.5, 0.6) is 0 Å². The van der Waals surface area contributed by atoms with Gasteiger partial charge in [-0.15, -0.1) is 0 Å². The van der Waals surface area contributed by atoms with Gasteiger partial charge >= 0.3 is 0 Å². The van der Waals surface area contributed by atoms with Crippen LogP contribution in [0.1, 0.15) is 33.1 Å². The summed E-state index contributed by atoms with van der Waals surface area (Å²) in [5, 5.41) is 3.54. The van der Waals surface area contributed by atoms with Gasteiger partial charge < -0.3 is 14.8 Å². The maximum Gasteiger partial charge on any atom is 0.0593 e. The molecule has 1 aliphatic rings. The average molecular weight is 258 g/mol. The Morgan fingerprint density at radius 3 is 2.33 bits per heavy atom. The Hall–Kier alpha value is -0.160. The quantitative estimate of drug-likeness (QED) is 0.636. The van der Waals surface area contributed by atoms with Crippen LogP contribution in [0.25, 0.3) is 0 Å². The summed E-state index contributed by atoms with van der Waals surface area (Å²) in [4.78, 5) is 2.53. The van der Waals surface area contributed by atoms with Crippen molar-refractivity contribution in [3.63, 3.8) is 0 Å². The van der Waals surface area contributed by atoms with Crippen molar-refractivity contribution in [2.24, 2.45) is 0 Å². The first-order chi connectivity index (χ1) is 8.88. The van der Waals surface area contributed by atoms with Crippen LogP contribution < -0.4 is 5.32 Å². The number of ether oxygens (including phenoxy) is 2. The van der Waals surface area contributed by atoms with E-state index in [0.29, 0.717) is 6.04 Å². The van der Waals surface area contributed by atoms with Crippen molar-refractivity contribution < 1.29 is 9.47 Å². The standard InChI is InChI=1S/C14H30N2O2/c1-3-17-11-9-16(10-12-18-4-2)14-7-5-6-8-15-13-14/h14-15H,3-13H2,1-2H3. The topological polar surface area (TPSA) is 33.7 Å². The van der Waals surface area contributed by atoms with Gasteiger partial charge in [-0.1, -0.05) is 6.42 Å². The molecule has 1 saturated heterocycles. The van der Waals surface area contributed by atoms with E-state index in [1.54, 1.807) is 0 Å². The third-order valence-corrected chi connectivity index (χ3v) is 3.49. The van der Waals surface area contributed by atoms with E-state index < -0.39 is 0 Å². The molecule has 1 N–H and O–H groups in total. The monoisotopic (exact) mass is 258 g/mol. The normalized spacial score (nSPS) is 21.2. The second kappa shape index (κ2) is 10.7. The molecule has 4 nitrogen and oxygen atoms in total. The molecule has 1 aliphatic heterocycles. The highest BCUT2D eigenvalue weighted by Crippen LogP contribution is 2.11. The lowest BCUT2D eigenvalue weighted by Crippen LogP contribution is -2.44. The van der Waals surface area contributed by atoms with Gasteiger partial charge in [0, 0.05) is 38.9 Å². The third kappa shape index (κ3) is 6.69. The lowest BCUT2D eigenvalue weighted by Gasteiger charge is -2.30. The van der Waals surface area contributed by atoms with Crippen LogP contribution in [0.3, 0.4) is 0 Å². The largest absolute Gasteiger partial charge is 0.380 e. The first-order valence-corrected chi connectivity index (χ1v) is 7.48. The number of hydrogen-bond donors (Lipinski definition) is 1. The van der Waals surface area contributed by atoms with Crippen molar-refractivity contribution in [1.82, 2.24) is 10.2 Å². The number of nitrogens with zero attached hydrogens (tertiary/aromatic N) is 1. The molecule has 0 aromatic heterocycles. The second-order valence-electron chi connectivity index (χ2n) is 4.78. The summed E-state index contributed by atoms with van der Waals surface area (Å²) in [7, 11) is 0. The highest BCUT2D eigenvalue weighted by atomic mass is 16.5. The maximum atomic E-state index is 5.49. The van der Waals surface area contributed by atoms with Crippen molar-refractivity contribution >= 4 is 0 Å². The zero-order chi connectivity index (χ0) is 13.1. The summed E-state index contributed by atoms with van der Waals surface area (Å²) < 4.78 is 11.0. The van der Waals surface area contributed by atoms with E-state index in [1.807, 2.05) is 0 Å². The summed E-state index contributed by atoms with van der Waals surface area (Å²) >= 11 is 0. The summed E-state index contributed by atoms with van der Waals surface area (Å²) in [6.45, 7) is 11.7. The van der Waals surface area contributed by atoms with Gasteiger partial charge in [-0.3, -0.25) is 4.90 Å². The molecule has 0 aliphatic carbocycles. The summed E-state index contributed by atoms with van der Waals surface area (Å²) in [6.07, 6.45) is 3.93. The van der Waals surface area contributed by atoms with Gasteiger partial charge in [-0.25, -0.2) is 0 Å². The van der Waals surface area contributed by atoms with Crippen molar-refractivity contribution in [2.45, 2.75) is 39.2 Å². The molecule has 4 heteroatoms. The van der Waals surface area contributed by atoms with Crippen LogP contribution in [0, 0.1) is 0 Å². The first kappa shape index (κ1) is 15.9. The Morgan fingerprint density at radius 2 is 1.72 bits per heavy atom. The summed E-state index contributed by atoms with van der Waals surface area (Å²) in [6, 6.07) is 0.647. The molecule has 1 rings (SSSR count). The number of nitrogens with one attached hydrogen (secondary N) is 1. The SMILES string of the molecule is CCOCCN(CCOCC)C1CCCCNC1. The van der Waals surface area contributed by atoms with Crippen LogP contribution in [0.2, 0.25) is 0 Å². The van der Waals surface area contributed by atoms with Gasteiger partial charge in [0.05, 0.1) is 13.2 Å². The van der Waals surface area contributed by atoms with Gasteiger partial charge in [-0.2, -0.15) is 0 Å². The molecule has 0 amide bonds. The van der Waals surface area contributed by atoms with Gasteiger partial charge in [0.2, 0.25) is 0 Å². The fourth-order valence-electron chi connectivity index (χ4n) is 2.44. The van der Waals surface area contributed by atoms with E-state index in [1.165, 1.54) is 25.8 Å². The molecule has 1 unspecified atom stereocenters. The molecule has 0 saturated carbocycles. The molecular weight excluding hydrogens is 228 g/mol. The zero-order valence-electron chi connectivity index (χ0n) is 12.1. The summed E-state index contributed by atoms with van der Waals surface area (Å²) in [5.41, 5.74) is 0. The first-order valence-electron chi connectivity index (χ1n) is 7.48. The van der Waals surface area contributed by atoms with Crippen LogP contribution in [-0.2, 0) is 9.47 Å². The lowest BCUT2D eigenvalue weighted by molar-refractivity contribution is 0.0614. The second-order valence-corrected chi connectivity index (χ2v) is 4.78. The predicted molar refractivity (Wildman–Crippen MR) is 75.1 cm³/mol. The van der Waals surface area contributed by atoms with E-state index in [2.05, 4.69) is 24.1 Å². The Bertz CT molecular complexity index is 173. The molecule has 0 spiro atoms. The minimum Gasteiger partial charge on any atom is -0.380 e. The molecular formula is C14H30N2O2. The van der Waals surface area contributed by atoms with Crippen molar-refractivity contribution in [1.29, 1.82) is 0 Å². The van der Waals surface area contributed by atoms with Gasteiger partial charge in [0.15, 0.2) is 0 Å². The van der Waals surface area contributed by atoms with Crippen LogP contribution in [0.15, 0.2) is 0 Å². The minimum absolute atomic E-state index is 0.647. The van der Waals surface area contributed by atoms with Crippen LogP contribution in [0.4, 0.5) is 0 Å². The number of rotatable bonds is 9. The van der Waals surface area contributed by atoms with E-state index >= 15 is 0 Å². The van der Waals surface area contributed by atoms with Gasteiger partial charge in [0.25, 0.3) is 0 Å².